The van der Waals surface area contributed by atoms with Crippen LogP contribution in [0, 0.1) is 0 Å². The number of rotatable bonds is 3. The lowest BCUT2D eigenvalue weighted by atomic mass is 10.2. The molecule has 1 aromatic carbocycles. The molecule has 3 heteroatoms. The van der Waals surface area contributed by atoms with Crippen molar-refractivity contribution in [1.82, 2.24) is 0 Å². The van der Waals surface area contributed by atoms with Gasteiger partial charge in [0.05, 0.1) is 7.11 Å². The summed E-state index contributed by atoms with van der Waals surface area (Å²) in [5.74, 6) is 0.255. The summed E-state index contributed by atoms with van der Waals surface area (Å²) in [5, 5.41) is 0. The van der Waals surface area contributed by atoms with Gasteiger partial charge in [-0.3, -0.25) is 4.79 Å². The van der Waals surface area contributed by atoms with E-state index < -0.39 is 5.91 Å². The van der Waals surface area contributed by atoms with Crippen LogP contribution in [-0.2, 0) is 4.79 Å². The first kappa shape index (κ1) is 9.32. The van der Waals surface area contributed by atoms with Crippen molar-refractivity contribution >= 4 is 12.0 Å². The Balaban J connectivity index is 2.93. The van der Waals surface area contributed by atoms with E-state index in [2.05, 4.69) is 0 Å². The van der Waals surface area contributed by atoms with E-state index in [-0.39, 0.29) is 0 Å². The summed E-state index contributed by atoms with van der Waals surface area (Å²) >= 11 is 0. The zero-order chi connectivity index (χ0) is 9.68. The third kappa shape index (κ3) is 2.63. The highest BCUT2D eigenvalue weighted by molar-refractivity contribution is 5.90. The van der Waals surface area contributed by atoms with Gasteiger partial charge in [0, 0.05) is 11.6 Å². The molecule has 1 aromatic rings. The number of carbonyl (C=O) groups is 1. The first-order valence-corrected chi connectivity index (χ1v) is 3.84. The Bertz CT molecular complexity index is 331. The molecule has 0 radical (unpaired) electrons. The minimum Gasteiger partial charge on any atom is -0.496 e. The van der Waals surface area contributed by atoms with Crippen molar-refractivity contribution in [2.45, 2.75) is 0 Å². The van der Waals surface area contributed by atoms with E-state index in [0.29, 0.717) is 0 Å². The van der Waals surface area contributed by atoms with Gasteiger partial charge in [0.1, 0.15) is 5.75 Å². The normalized spacial score (nSPS) is 10.2. The zero-order valence-electron chi connectivity index (χ0n) is 7.36. The van der Waals surface area contributed by atoms with Crippen LogP contribution >= 0.6 is 0 Å². The number of amides is 1. The summed E-state index contributed by atoms with van der Waals surface area (Å²) in [7, 11) is 1.58. The quantitative estimate of drug-likeness (QED) is 0.705. The summed E-state index contributed by atoms with van der Waals surface area (Å²) in [6.07, 6.45) is 2.93. The van der Waals surface area contributed by atoms with Crippen LogP contribution in [-0.4, -0.2) is 13.0 Å². The molecule has 0 bridgehead atoms. The highest BCUT2D eigenvalue weighted by Crippen LogP contribution is 2.18. The summed E-state index contributed by atoms with van der Waals surface area (Å²) in [6.45, 7) is 0. The van der Waals surface area contributed by atoms with Gasteiger partial charge in [0.25, 0.3) is 0 Å². The Labute approximate surface area is 76.8 Å². The van der Waals surface area contributed by atoms with Crippen LogP contribution in [0.2, 0.25) is 0 Å². The minimum atomic E-state index is -0.467. The molecule has 0 saturated heterocycles. The highest BCUT2D eigenvalue weighted by atomic mass is 16.5. The lowest BCUT2D eigenvalue weighted by molar-refractivity contribution is -0.113. The third-order valence-corrected chi connectivity index (χ3v) is 1.57. The van der Waals surface area contributed by atoms with Crippen LogP contribution in [0.1, 0.15) is 5.56 Å². The predicted octanol–water partition coefficient (Wildman–Crippen LogP) is 1.19. The van der Waals surface area contributed by atoms with Crippen LogP contribution in [0.4, 0.5) is 0 Å². The molecule has 1 rings (SSSR count). The number of carbonyl (C=O) groups excluding carboxylic acids is 1. The Morgan fingerprint density at radius 3 is 2.77 bits per heavy atom. The summed E-state index contributed by atoms with van der Waals surface area (Å²) < 4.78 is 5.07. The van der Waals surface area contributed by atoms with Crippen LogP contribution in [0.15, 0.2) is 30.3 Å². The van der Waals surface area contributed by atoms with Crippen LogP contribution < -0.4 is 10.5 Å². The molecule has 0 aliphatic carbocycles. The summed E-state index contributed by atoms with van der Waals surface area (Å²) in [6, 6.07) is 7.39. The molecule has 0 aliphatic rings. The second-order valence-corrected chi connectivity index (χ2v) is 2.48. The number of benzene rings is 1. The molecule has 0 atom stereocenters. The Morgan fingerprint density at radius 2 is 2.15 bits per heavy atom. The van der Waals surface area contributed by atoms with Gasteiger partial charge in [0.2, 0.25) is 5.91 Å². The minimum absolute atomic E-state index is 0.467. The topological polar surface area (TPSA) is 52.3 Å². The van der Waals surface area contributed by atoms with E-state index in [9.17, 15) is 4.79 Å². The van der Waals surface area contributed by atoms with Gasteiger partial charge < -0.3 is 10.5 Å². The number of nitrogens with two attached hydrogens (primary N) is 1. The van der Waals surface area contributed by atoms with Crippen molar-refractivity contribution in [3.63, 3.8) is 0 Å². The molecule has 13 heavy (non-hydrogen) atoms. The van der Waals surface area contributed by atoms with Gasteiger partial charge in [-0.15, -0.1) is 0 Å². The number of ether oxygens (including phenoxy) is 1. The predicted molar refractivity (Wildman–Crippen MR) is 51.2 cm³/mol. The maximum absolute atomic E-state index is 10.5. The number of hydrogen-bond acceptors (Lipinski definition) is 2. The number of hydrogen-bond donors (Lipinski definition) is 1. The fourth-order valence-corrected chi connectivity index (χ4v) is 0.976. The molecule has 0 aliphatic heterocycles. The van der Waals surface area contributed by atoms with E-state index in [1.54, 1.807) is 13.2 Å². The van der Waals surface area contributed by atoms with Crippen molar-refractivity contribution in [3.8, 4) is 5.75 Å². The van der Waals surface area contributed by atoms with Crippen molar-refractivity contribution in [2.24, 2.45) is 5.73 Å². The zero-order valence-corrected chi connectivity index (χ0v) is 7.36. The lowest BCUT2D eigenvalue weighted by Gasteiger charge is -2.02. The SMILES string of the molecule is COc1ccccc1/C=C\C(N)=O. The average molecular weight is 177 g/mol. The Kier molecular flexibility index (Phi) is 3.09. The number of methoxy groups -OCH3 is 1. The van der Waals surface area contributed by atoms with Gasteiger partial charge in [-0.1, -0.05) is 18.2 Å². The Morgan fingerprint density at radius 1 is 1.46 bits per heavy atom. The fourth-order valence-electron chi connectivity index (χ4n) is 0.976. The second kappa shape index (κ2) is 4.30. The van der Waals surface area contributed by atoms with Gasteiger partial charge in [-0.25, -0.2) is 0 Å². The first-order chi connectivity index (χ1) is 6.24. The molecule has 0 spiro atoms. The molecule has 0 unspecified atom stereocenters. The molecule has 0 aromatic heterocycles. The third-order valence-electron chi connectivity index (χ3n) is 1.57. The summed E-state index contributed by atoms with van der Waals surface area (Å²) in [4.78, 5) is 10.5. The van der Waals surface area contributed by atoms with Crippen LogP contribution in [0.3, 0.4) is 0 Å². The van der Waals surface area contributed by atoms with Crippen LogP contribution in [0.25, 0.3) is 6.08 Å². The van der Waals surface area contributed by atoms with Crippen molar-refractivity contribution in [1.29, 1.82) is 0 Å². The molecular weight excluding hydrogens is 166 g/mol. The molecule has 0 fully saturated rings. The van der Waals surface area contributed by atoms with Gasteiger partial charge in [0.15, 0.2) is 0 Å². The maximum Gasteiger partial charge on any atom is 0.241 e. The average Bonchev–Trinajstić information content (AvgIpc) is 2.15. The smallest absolute Gasteiger partial charge is 0.241 e. The largest absolute Gasteiger partial charge is 0.496 e. The number of para-hydroxylation sites is 1. The summed E-state index contributed by atoms with van der Waals surface area (Å²) in [5.41, 5.74) is 5.80. The van der Waals surface area contributed by atoms with Crippen molar-refractivity contribution < 1.29 is 9.53 Å². The Hall–Kier alpha value is -1.77. The maximum atomic E-state index is 10.5. The molecule has 1 amide bonds. The fraction of sp³-hybridized carbons (Fsp3) is 0.100. The number of primary amides is 1. The van der Waals surface area contributed by atoms with E-state index in [4.69, 9.17) is 10.5 Å². The molecule has 0 saturated carbocycles. The van der Waals surface area contributed by atoms with Gasteiger partial charge >= 0.3 is 0 Å². The van der Waals surface area contributed by atoms with E-state index in [1.165, 1.54) is 6.08 Å². The second-order valence-electron chi connectivity index (χ2n) is 2.48. The van der Waals surface area contributed by atoms with Crippen molar-refractivity contribution in [3.05, 3.63) is 35.9 Å². The molecule has 0 heterocycles. The molecule has 68 valence electrons. The van der Waals surface area contributed by atoms with Gasteiger partial charge in [-0.2, -0.15) is 0 Å². The molecule has 2 N–H and O–H groups in total. The first-order valence-electron chi connectivity index (χ1n) is 3.84. The van der Waals surface area contributed by atoms with Gasteiger partial charge in [-0.05, 0) is 12.1 Å². The molecular formula is C10H11NO2. The van der Waals surface area contributed by atoms with E-state index in [1.807, 2.05) is 24.3 Å². The monoisotopic (exact) mass is 177 g/mol. The van der Waals surface area contributed by atoms with E-state index >= 15 is 0 Å². The molecule has 3 nitrogen and oxygen atoms in total. The van der Waals surface area contributed by atoms with E-state index in [0.717, 1.165) is 11.3 Å². The lowest BCUT2D eigenvalue weighted by Crippen LogP contribution is -2.05. The van der Waals surface area contributed by atoms with Crippen molar-refractivity contribution in [2.75, 3.05) is 7.11 Å². The van der Waals surface area contributed by atoms with Crippen LogP contribution in [0.5, 0.6) is 5.75 Å². The highest BCUT2D eigenvalue weighted by Gasteiger charge is 1.96. The standard InChI is InChI=1S/C10H11NO2/c1-13-9-5-3-2-4-8(9)6-7-10(11)12/h2-7H,1H3,(H2,11,12)/b7-6-.